The summed E-state index contributed by atoms with van der Waals surface area (Å²) < 4.78 is 5.13. The smallest absolute Gasteiger partial charge is 0.325 e. The summed E-state index contributed by atoms with van der Waals surface area (Å²) in [6, 6.07) is 14.8. The minimum atomic E-state index is -0.406. The predicted molar refractivity (Wildman–Crippen MR) is 115 cm³/mol. The van der Waals surface area contributed by atoms with Crippen LogP contribution in [0.1, 0.15) is 21.6 Å². The van der Waals surface area contributed by atoms with Crippen LogP contribution >= 0.6 is 11.3 Å². The maximum absolute atomic E-state index is 12.2. The number of aryl methyl sites for hydroxylation is 1. The lowest BCUT2D eigenvalue weighted by Crippen LogP contribution is -2.26. The fraction of sp³-hybridized carbons (Fsp3) is 0.190. The normalized spacial score (nSPS) is 10.3. The quantitative estimate of drug-likeness (QED) is 0.547. The zero-order valence-corrected chi connectivity index (χ0v) is 17.0. The molecule has 1 heterocycles. The van der Waals surface area contributed by atoms with Gasteiger partial charge in [0.25, 0.3) is 5.91 Å². The number of nitrogens with one attached hydrogen (secondary N) is 3. The number of amides is 3. The molecule has 1 aromatic heterocycles. The van der Waals surface area contributed by atoms with E-state index in [1.807, 2.05) is 49.4 Å². The minimum Gasteiger partial charge on any atom is -0.497 e. The van der Waals surface area contributed by atoms with Crippen molar-refractivity contribution in [1.29, 1.82) is 0 Å². The molecular formula is C21H22N4O3S. The van der Waals surface area contributed by atoms with Crippen molar-refractivity contribution < 1.29 is 14.3 Å². The Labute approximate surface area is 173 Å². The third-order valence-corrected chi connectivity index (χ3v) is 4.85. The highest BCUT2D eigenvalue weighted by molar-refractivity contribution is 7.14. The molecule has 3 N–H and O–H groups in total. The van der Waals surface area contributed by atoms with Gasteiger partial charge in [-0.15, -0.1) is 11.3 Å². The number of rotatable bonds is 7. The fourth-order valence-corrected chi connectivity index (χ4v) is 3.31. The average Bonchev–Trinajstić information content (AvgIpc) is 3.17. The number of carbonyl (C=O) groups excluding carboxylic acids is 2. The van der Waals surface area contributed by atoms with Gasteiger partial charge in [0.15, 0.2) is 5.13 Å². The molecule has 0 radical (unpaired) electrons. The maximum atomic E-state index is 12.2. The van der Waals surface area contributed by atoms with Crippen LogP contribution in [-0.2, 0) is 6.42 Å². The number of hydrogen-bond donors (Lipinski definition) is 3. The Bertz CT molecular complexity index is 986. The molecule has 0 saturated heterocycles. The molecule has 2 aromatic carbocycles. The first-order valence-electron chi connectivity index (χ1n) is 9.05. The van der Waals surface area contributed by atoms with E-state index >= 15 is 0 Å². The molecule has 3 rings (SSSR count). The Hall–Kier alpha value is -3.39. The van der Waals surface area contributed by atoms with E-state index in [0.29, 0.717) is 23.8 Å². The van der Waals surface area contributed by atoms with E-state index in [1.165, 1.54) is 11.3 Å². The minimum absolute atomic E-state index is 0.274. The second-order valence-electron chi connectivity index (χ2n) is 6.34. The standard InChI is InChI=1S/C21H22N4O3S/c1-14-4-3-5-16(12-14)23-20(27)25-21-24-18(13-29-21)19(26)22-11-10-15-6-8-17(28-2)9-7-15/h3-9,12-13H,10-11H2,1-2H3,(H,22,26)(H2,23,24,25,27). The molecule has 0 fully saturated rings. The van der Waals surface area contributed by atoms with Gasteiger partial charge in [0, 0.05) is 17.6 Å². The number of urea groups is 1. The van der Waals surface area contributed by atoms with Crippen molar-refractivity contribution in [3.05, 3.63) is 70.7 Å². The number of hydrogen-bond acceptors (Lipinski definition) is 5. The lowest BCUT2D eigenvalue weighted by Gasteiger charge is -2.06. The summed E-state index contributed by atoms with van der Waals surface area (Å²) in [5.74, 6) is 0.522. The van der Waals surface area contributed by atoms with Crippen LogP contribution in [0.5, 0.6) is 5.75 Å². The zero-order chi connectivity index (χ0) is 20.6. The zero-order valence-electron chi connectivity index (χ0n) is 16.2. The molecule has 150 valence electrons. The van der Waals surface area contributed by atoms with Crippen LogP contribution in [0.15, 0.2) is 53.9 Å². The summed E-state index contributed by atoms with van der Waals surface area (Å²) in [4.78, 5) is 28.5. The second-order valence-corrected chi connectivity index (χ2v) is 7.20. The Kier molecular flexibility index (Phi) is 6.80. The van der Waals surface area contributed by atoms with E-state index in [-0.39, 0.29) is 11.6 Å². The Morgan fingerprint density at radius 1 is 1.10 bits per heavy atom. The number of nitrogens with zero attached hydrogens (tertiary/aromatic N) is 1. The molecular weight excluding hydrogens is 388 g/mol. The number of aromatic nitrogens is 1. The molecule has 0 aliphatic heterocycles. The number of ether oxygens (including phenoxy) is 1. The van der Waals surface area contributed by atoms with E-state index < -0.39 is 6.03 Å². The Morgan fingerprint density at radius 2 is 1.90 bits per heavy atom. The molecule has 3 aromatic rings. The Balaban J connectivity index is 1.46. The highest BCUT2D eigenvalue weighted by atomic mass is 32.1. The molecule has 0 bridgehead atoms. The van der Waals surface area contributed by atoms with E-state index in [9.17, 15) is 9.59 Å². The molecule has 0 unspecified atom stereocenters. The van der Waals surface area contributed by atoms with Crippen LogP contribution in [-0.4, -0.2) is 30.6 Å². The van der Waals surface area contributed by atoms with Gasteiger partial charge in [-0.3, -0.25) is 10.1 Å². The number of carbonyl (C=O) groups is 2. The van der Waals surface area contributed by atoms with E-state index in [0.717, 1.165) is 16.9 Å². The van der Waals surface area contributed by atoms with Crippen LogP contribution in [0.25, 0.3) is 0 Å². The first-order valence-corrected chi connectivity index (χ1v) is 9.93. The summed E-state index contributed by atoms with van der Waals surface area (Å²) in [6.07, 6.45) is 0.698. The average molecular weight is 410 g/mol. The fourth-order valence-electron chi connectivity index (χ4n) is 2.62. The third kappa shape index (κ3) is 6.05. The highest BCUT2D eigenvalue weighted by Gasteiger charge is 2.12. The largest absolute Gasteiger partial charge is 0.497 e. The molecule has 0 spiro atoms. The predicted octanol–water partition coefficient (Wildman–Crippen LogP) is 4.08. The van der Waals surface area contributed by atoms with Crippen molar-refractivity contribution in [3.8, 4) is 5.75 Å². The first kappa shape index (κ1) is 20.3. The van der Waals surface area contributed by atoms with Gasteiger partial charge in [-0.1, -0.05) is 24.3 Å². The van der Waals surface area contributed by atoms with Crippen LogP contribution in [0.3, 0.4) is 0 Å². The summed E-state index contributed by atoms with van der Waals surface area (Å²) in [6.45, 7) is 2.43. The molecule has 0 saturated carbocycles. The summed E-state index contributed by atoms with van der Waals surface area (Å²) in [5.41, 5.74) is 3.11. The van der Waals surface area contributed by atoms with Crippen LogP contribution in [0.4, 0.5) is 15.6 Å². The van der Waals surface area contributed by atoms with Crippen molar-refractivity contribution in [2.45, 2.75) is 13.3 Å². The monoisotopic (exact) mass is 410 g/mol. The molecule has 8 heteroatoms. The lowest BCUT2D eigenvalue weighted by molar-refractivity contribution is 0.0950. The molecule has 0 aliphatic carbocycles. The van der Waals surface area contributed by atoms with Gasteiger partial charge in [-0.2, -0.15) is 0 Å². The van der Waals surface area contributed by atoms with Crippen molar-refractivity contribution in [2.24, 2.45) is 0 Å². The second kappa shape index (κ2) is 9.70. The van der Waals surface area contributed by atoms with Crippen molar-refractivity contribution in [2.75, 3.05) is 24.3 Å². The van der Waals surface area contributed by atoms with Crippen LogP contribution < -0.4 is 20.7 Å². The third-order valence-electron chi connectivity index (χ3n) is 4.09. The van der Waals surface area contributed by atoms with Gasteiger partial charge in [-0.05, 0) is 48.7 Å². The van der Waals surface area contributed by atoms with Gasteiger partial charge >= 0.3 is 6.03 Å². The van der Waals surface area contributed by atoms with E-state index in [2.05, 4.69) is 20.9 Å². The van der Waals surface area contributed by atoms with Crippen LogP contribution in [0.2, 0.25) is 0 Å². The number of methoxy groups -OCH3 is 1. The highest BCUT2D eigenvalue weighted by Crippen LogP contribution is 2.17. The summed E-state index contributed by atoms with van der Waals surface area (Å²) in [5, 5.41) is 10.2. The van der Waals surface area contributed by atoms with Gasteiger partial charge < -0.3 is 15.4 Å². The maximum Gasteiger partial charge on any atom is 0.325 e. The van der Waals surface area contributed by atoms with Gasteiger partial charge in [0.2, 0.25) is 0 Å². The first-order chi connectivity index (χ1) is 14.0. The topological polar surface area (TPSA) is 92.4 Å². The SMILES string of the molecule is COc1ccc(CCNC(=O)c2csc(NC(=O)Nc3cccc(C)c3)n2)cc1. The number of thiazole rings is 1. The van der Waals surface area contributed by atoms with Crippen molar-refractivity contribution in [1.82, 2.24) is 10.3 Å². The van der Waals surface area contributed by atoms with Gasteiger partial charge in [0.1, 0.15) is 11.4 Å². The van der Waals surface area contributed by atoms with Crippen LogP contribution in [0, 0.1) is 6.92 Å². The Morgan fingerprint density at radius 3 is 2.62 bits per heavy atom. The van der Waals surface area contributed by atoms with E-state index in [1.54, 1.807) is 18.6 Å². The molecule has 3 amide bonds. The van der Waals surface area contributed by atoms with E-state index in [4.69, 9.17) is 4.74 Å². The molecule has 0 aliphatic rings. The summed E-state index contributed by atoms with van der Waals surface area (Å²) in [7, 11) is 1.62. The van der Waals surface area contributed by atoms with Gasteiger partial charge in [0.05, 0.1) is 7.11 Å². The molecule has 7 nitrogen and oxygen atoms in total. The summed E-state index contributed by atoms with van der Waals surface area (Å²) >= 11 is 1.20. The number of anilines is 2. The number of benzene rings is 2. The molecule has 29 heavy (non-hydrogen) atoms. The van der Waals surface area contributed by atoms with Crippen molar-refractivity contribution in [3.63, 3.8) is 0 Å². The van der Waals surface area contributed by atoms with Gasteiger partial charge in [-0.25, -0.2) is 9.78 Å². The lowest BCUT2D eigenvalue weighted by atomic mass is 10.1. The molecule has 0 atom stereocenters. The van der Waals surface area contributed by atoms with Crippen molar-refractivity contribution >= 4 is 34.1 Å².